The lowest BCUT2D eigenvalue weighted by Gasteiger charge is -2.33. The highest BCUT2D eigenvalue weighted by Crippen LogP contribution is 2.29. The van der Waals surface area contributed by atoms with Gasteiger partial charge < -0.3 is 15.5 Å². The molecule has 0 bridgehead atoms. The molecule has 0 unspecified atom stereocenters. The Hall–Kier alpha value is -2.25. The lowest BCUT2D eigenvalue weighted by Crippen LogP contribution is -2.47. The summed E-state index contributed by atoms with van der Waals surface area (Å²) in [5.74, 6) is -0.448. The average Bonchev–Trinajstić information content (AvgIpc) is 2.66. The predicted octanol–water partition coefficient (Wildman–Crippen LogP) is 3.66. The molecule has 0 aliphatic carbocycles. The fourth-order valence-electron chi connectivity index (χ4n) is 3.08. The Labute approximate surface area is 157 Å². The molecule has 27 heavy (non-hydrogen) atoms. The number of benzene rings is 1. The smallest absolute Gasteiger partial charge is 0.352 e. The van der Waals surface area contributed by atoms with Crippen LogP contribution in [0.25, 0.3) is 0 Å². The van der Waals surface area contributed by atoms with Crippen LogP contribution in [0, 0.1) is 5.92 Å². The van der Waals surface area contributed by atoms with Gasteiger partial charge in [-0.25, -0.2) is 4.79 Å². The van der Waals surface area contributed by atoms with E-state index in [2.05, 4.69) is 17.6 Å². The van der Waals surface area contributed by atoms with Gasteiger partial charge in [0.15, 0.2) is 0 Å². The highest BCUT2D eigenvalue weighted by Gasteiger charge is 2.31. The molecule has 1 aliphatic heterocycles. The number of amides is 3. The van der Waals surface area contributed by atoms with Crippen molar-refractivity contribution in [3.8, 4) is 0 Å². The predicted molar refractivity (Wildman–Crippen MR) is 96.4 cm³/mol. The molecule has 0 radical (unpaired) electrons. The van der Waals surface area contributed by atoms with Crippen LogP contribution < -0.4 is 10.6 Å². The fraction of sp³-hybridized carbons (Fsp3) is 0.579. The molecule has 1 aromatic rings. The van der Waals surface area contributed by atoms with E-state index in [0.717, 1.165) is 37.8 Å². The number of piperidine rings is 1. The van der Waals surface area contributed by atoms with Crippen LogP contribution in [0.15, 0.2) is 24.3 Å². The Morgan fingerprint density at radius 2 is 2.04 bits per heavy atom. The van der Waals surface area contributed by atoms with Crippen LogP contribution >= 0.6 is 0 Å². The number of nitrogens with zero attached hydrogens (tertiary/aromatic N) is 1. The van der Waals surface area contributed by atoms with Gasteiger partial charge in [-0.3, -0.25) is 4.79 Å². The zero-order chi connectivity index (χ0) is 19.9. The summed E-state index contributed by atoms with van der Waals surface area (Å²) < 4.78 is 38.3. The molecule has 2 N–H and O–H groups in total. The Morgan fingerprint density at radius 3 is 2.74 bits per heavy atom. The number of carbonyl (C=O) groups is 2. The zero-order valence-electron chi connectivity index (χ0n) is 15.4. The largest absolute Gasteiger partial charge is 0.416 e. The summed E-state index contributed by atoms with van der Waals surface area (Å²) in [6.07, 6.45) is -0.848. The summed E-state index contributed by atoms with van der Waals surface area (Å²) in [5.41, 5.74) is -0.863. The number of halogens is 3. The summed E-state index contributed by atoms with van der Waals surface area (Å²) >= 11 is 0. The number of urea groups is 1. The van der Waals surface area contributed by atoms with Gasteiger partial charge in [0.25, 0.3) is 5.91 Å². The van der Waals surface area contributed by atoms with Crippen molar-refractivity contribution in [1.82, 2.24) is 15.5 Å². The van der Waals surface area contributed by atoms with Crippen LogP contribution in [0.5, 0.6) is 0 Å². The third-order valence-corrected chi connectivity index (χ3v) is 4.62. The van der Waals surface area contributed by atoms with Crippen LogP contribution in [0.4, 0.5) is 18.0 Å². The van der Waals surface area contributed by atoms with E-state index in [1.54, 1.807) is 4.90 Å². The van der Waals surface area contributed by atoms with Gasteiger partial charge in [0.05, 0.1) is 5.56 Å². The van der Waals surface area contributed by atoms with Crippen molar-refractivity contribution in [1.29, 1.82) is 0 Å². The molecule has 8 heteroatoms. The molecule has 0 saturated carbocycles. The van der Waals surface area contributed by atoms with E-state index >= 15 is 0 Å². The minimum atomic E-state index is -4.48. The first-order chi connectivity index (χ1) is 12.8. The minimum Gasteiger partial charge on any atom is -0.352 e. The third kappa shape index (κ3) is 6.45. The van der Waals surface area contributed by atoms with E-state index < -0.39 is 17.6 Å². The highest BCUT2D eigenvalue weighted by atomic mass is 19.4. The second-order valence-electron chi connectivity index (χ2n) is 6.83. The SMILES string of the molecule is CCCCNC(=O)N1CCC[C@H](CNC(=O)c2cccc(C(F)(F)F)c2)C1. The third-order valence-electron chi connectivity index (χ3n) is 4.62. The quantitative estimate of drug-likeness (QED) is 0.734. The van der Waals surface area contributed by atoms with Crippen molar-refractivity contribution in [2.24, 2.45) is 5.92 Å². The van der Waals surface area contributed by atoms with Crippen LogP contribution in [0.2, 0.25) is 0 Å². The second-order valence-corrected chi connectivity index (χ2v) is 6.83. The summed E-state index contributed by atoms with van der Waals surface area (Å²) in [5, 5.41) is 5.57. The fourth-order valence-corrected chi connectivity index (χ4v) is 3.08. The maximum Gasteiger partial charge on any atom is 0.416 e. The molecular formula is C19H26F3N3O2. The summed E-state index contributed by atoms with van der Waals surface area (Å²) in [4.78, 5) is 26.1. The number of carbonyl (C=O) groups excluding carboxylic acids is 2. The van der Waals surface area contributed by atoms with Crippen molar-refractivity contribution >= 4 is 11.9 Å². The van der Waals surface area contributed by atoms with Gasteiger partial charge in [0.2, 0.25) is 0 Å². The van der Waals surface area contributed by atoms with E-state index in [9.17, 15) is 22.8 Å². The first-order valence-corrected chi connectivity index (χ1v) is 9.29. The lowest BCUT2D eigenvalue weighted by atomic mass is 9.98. The molecular weight excluding hydrogens is 359 g/mol. The maximum atomic E-state index is 12.8. The normalized spacial score (nSPS) is 17.5. The molecule has 1 fully saturated rings. The average molecular weight is 385 g/mol. The minimum absolute atomic E-state index is 0.0187. The summed E-state index contributed by atoms with van der Waals surface area (Å²) in [6.45, 7) is 4.23. The second kappa shape index (κ2) is 9.62. The van der Waals surface area contributed by atoms with Crippen LogP contribution in [-0.4, -0.2) is 43.0 Å². The van der Waals surface area contributed by atoms with Crippen molar-refractivity contribution in [2.45, 2.75) is 38.8 Å². The zero-order valence-corrected chi connectivity index (χ0v) is 15.4. The summed E-state index contributed by atoms with van der Waals surface area (Å²) in [6, 6.07) is 4.27. The van der Waals surface area contributed by atoms with Crippen LogP contribution in [0.3, 0.4) is 0 Å². The number of hydrogen-bond donors (Lipinski definition) is 2. The summed E-state index contributed by atoms with van der Waals surface area (Å²) in [7, 11) is 0. The number of rotatable bonds is 6. The Morgan fingerprint density at radius 1 is 1.26 bits per heavy atom. The van der Waals surface area contributed by atoms with E-state index in [0.29, 0.717) is 26.2 Å². The topological polar surface area (TPSA) is 61.4 Å². The number of nitrogens with one attached hydrogen (secondary N) is 2. The first-order valence-electron chi connectivity index (χ1n) is 9.29. The molecule has 5 nitrogen and oxygen atoms in total. The van der Waals surface area contributed by atoms with Gasteiger partial charge in [-0.1, -0.05) is 19.4 Å². The standard InChI is InChI=1S/C19H26F3N3O2/c1-2-3-9-23-18(27)25-10-5-6-14(13-25)12-24-17(26)15-7-4-8-16(11-15)19(20,21)22/h4,7-8,11,14H,2-3,5-6,9-10,12-13H2,1H3,(H,23,27)(H,24,26)/t14-/m1/s1. The van der Waals surface area contributed by atoms with Gasteiger partial charge in [-0.05, 0) is 43.4 Å². The molecule has 3 amide bonds. The molecule has 1 atom stereocenters. The monoisotopic (exact) mass is 385 g/mol. The Bertz CT molecular complexity index is 649. The molecule has 1 aliphatic rings. The van der Waals surface area contributed by atoms with Gasteiger partial charge in [0.1, 0.15) is 0 Å². The highest BCUT2D eigenvalue weighted by molar-refractivity contribution is 5.94. The van der Waals surface area contributed by atoms with Gasteiger partial charge in [-0.2, -0.15) is 13.2 Å². The van der Waals surface area contributed by atoms with Gasteiger partial charge in [-0.15, -0.1) is 0 Å². The maximum absolute atomic E-state index is 12.8. The van der Waals surface area contributed by atoms with E-state index in [1.807, 2.05) is 0 Å². The Kier molecular flexibility index (Phi) is 7.50. The van der Waals surface area contributed by atoms with Crippen LogP contribution in [0.1, 0.15) is 48.5 Å². The van der Waals surface area contributed by atoms with Crippen LogP contribution in [-0.2, 0) is 6.18 Å². The molecule has 1 heterocycles. The Balaban J connectivity index is 1.85. The molecule has 1 aromatic carbocycles. The van der Waals surface area contributed by atoms with Crippen molar-refractivity contribution in [3.05, 3.63) is 35.4 Å². The molecule has 0 spiro atoms. The molecule has 0 aromatic heterocycles. The van der Waals surface area contributed by atoms with E-state index in [-0.39, 0.29) is 17.5 Å². The number of likely N-dealkylation sites (tertiary alicyclic amines) is 1. The molecule has 150 valence electrons. The number of alkyl halides is 3. The van der Waals surface area contributed by atoms with Gasteiger partial charge >= 0.3 is 12.2 Å². The van der Waals surface area contributed by atoms with Gasteiger partial charge in [0, 0.05) is 31.7 Å². The van der Waals surface area contributed by atoms with Crippen molar-refractivity contribution in [2.75, 3.05) is 26.2 Å². The number of unbranched alkanes of at least 4 members (excludes halogenated alkanes) is 1. The van der Waals surface area contributed by atoms with Crippen molar-refractivity contribution < 1.29 is 22.8 Å². The first kappa shape index (κ1) is 21.1. The van der Waals surface area contributed by atoms with E-state index in [4.69, 9.17) is 0 Å². The van der Waals surface area contributed by atoms with E-state index in [1.165, 1.54) is 12.1 Å². The molecule has 2 rings (SSSR count). The molecule has 1 saturated heterocycles. The van der Waals surface area contributed by atoms with Crippen molar-refractivity contribution in [3.63, 3.8) is 0 Å². The lowest BCUT2D eigenvalue weighted by molar-refractivity contribution is -0.137. The number of hydrogen-bond acceptors (Lipinski definition) is 2.